The van der Waals surface area contributed by atoms with Gasteiger partial charge in [0.25, 0.3) is 0 Å². The van der Waals surface area contributed by atoms with Gasteiger partial charge in [-0.15, -0.1) is 0 Å². The highest BCUT2D eigenvalue weighted by molar-refractivity contribution is 6.33. The molecule has 4 heteroatoms. The minimum absolute atomic E-state index is 0.349. The van der Waals surface area contributed by atoms with Crippen LogP contribution >= 0.6 is 11.6 Å². The number of carbonyl (C=O) groups excluding carboxylic acids is 1. The molecule has 0 spiro atoms. The Bertz CT molecular complexity index is 370. The lowest BCUT2D eigenvalue weighted by Gasteiger charge is -2.14. The van der Waals surface area contributed by atoms with Crippen molar-refractivity contribution >= 4 is 23.4 Å². The molecule has 1 aromatic rings. The van der Waals surface area contributed by atoms with Crippen molar-refractivity contribution in [2.24, 2.45) is 4.99 Å². The zero-order valence-electron chi connectivity index (χ0n) is 8.12. The number of nitrogens with zero attached hydrogens (tertiary/aromatic N) is 2. The lowest BCUT2D eigenvalue weighted by atomic mass is 10.2. The standard InChI is InChI=1S/C10H11ClN2O/c1-13(2)10-5-8(6-12-7-14)3-4-9(10)11/h3-5H,6H2,1-2H3. The summed E-state index contributed by atoms with van der Waals surface area (Å²) in [5.74, 6) is 0. The zero-order valence-corrected chi connectivity index (χ0v) is 8.88. The van der Waals surface area contributed by atoms with Crippen LogP contribution in [-0.4, -0.2) is 20.2 Å². The summed E-state index contributed by atoms with van der Waals surface area (Å²) in [7, 11) is 3.82. The molecule has 1 rings (SSSR count). The highest BCUT2D eigenvalue weighted by Gasteiger charge is 2.03. The van der Waals surface area contributed by atoms with Crippen molar-refractivity contribution in [3.8, 4) is 0 Å². The summed E-state index contributed by atoms with van der Waals surface area (Å²) in [6.45, 7) is 0.349. The molecule has 0 aliphatic rings. The fourth-order valence-electron chi connectivity index (χ4n) is 1.12. The molecule has 0 amide bonds. The van der Waals surface area contributed by atoms with E-state index in [0.29, 0.717) is 11.6 Å². The summed E-state index contributed by atoms with van der Waals surface area (Å²) in [5, 5.41) is 0.689. The van der Waals surface area contributed by atoms with Crippen LogP contribution in [0.5, 0.6) is 0 Å². The van der Waals surface area contributed by atoms with Gasteiger partial charge in [-0.25, -0.2) is 9.79 Å². The van der Waals surface area contributed by atoms with E-state index in [4.69, 9.17) is 11.6 Å². The van der Waals surface area contributed by atoms with Gasteiger partial charge in [0.1, 0.15) is 0 Å². The van der Waals surface area contributed by atoms with E-state index in [-0.39, 0.29) is 0 Å². The summed E-state index contributed by atoms with van der Waals surface area (Å²) in [5.41, 5.74) is 1.87. The number of benzene rings is 1. The SMILES string of the molecule is CN(C)c1cc(CN=C=O)ccc1Cl. The smallest absolute Gasteiger partial charge is 0.235 e. The Morgan fingerprint density at radius 2 is 2.21 bits per heavy atom. The molecule has 0 atom stereocenters. The minimum atomic E-state index is 0.349. The van der Waals surface area contributed by atoms with Crippen LogP contribution in [0.25, 0.3) is 0 Å². The molecular weight excluding hydrogens is 200 g/mol. The van der Waals surface area contributed by atoms with Crippen molar-refractivity contribution in [3.63, 3.8) is 0 Å². The molecule has 0 aromatic heterocycles. The molecule has 0 fully saturated rings. The molecule has 1 aromatic carbocycles. The first kappa shape index (κ1) is 10.8. The second-order valence-electron chi connectivity index (χ2n) is 3.09. The van der Waals surface area contributed by atoms with E-state index in [1.165, 1.54) is 6.08 Å². The van der Waals surface area contributed by atoms with Crippen molar-refractivity contribution in [3.05, 3.63) is 28.8 Å². The highest BCUT2D eigenvalue weighted by atomic mass is 35.5. The average Bonchev–Trinajstić information content (AvgIpc) is 2.16. The summed E-state index contributed by atoms with van der Waals surface area (Å²) < 4.78 is 0. The fraction of sp³-hybridized carbons (Fsp3) is 0.300. The maximum absolute atomic E-state index is 9.94. The Kier molecular flexibility index (Phi) is 3.69. The number of hydrogen-bond acceptors (Lipinski definition) is 3. The molecule has 0 saturated carbocycles. The van der Waals surface area contributed by atoms with Crippen molar-refractivity contribution in [2.45, 2.75) is 6.54 Å². The number of halogens is 1. The van der Waals surface area contributed by atoms with Crippen molar-refractivity contribution in [1.29, 1.82) is 0 Å². The van der Waals surface area contributed by atoms with Gasteiger partial charge in [-0.1, -0.05) is 17.7 Å². The van der Waals surface area contributed by atoms with Crippen LogP contribution in [-0.2, 0) is 11.3 Å². The van der Waals surface area contributed by atoms with Crippen LogP contribution in [0.15, 0.2) is 23.2 Å². The topological polar surface area (TPSA) is 32.7 Å². The van der Waals surface area contributed by atoms with Gasteiger partial charge in [-0.05, 0) is 17.7 Å². The highest BCUT2D eigenvalue weighted by Crippen LogP contribution is 2.25. The maximum Gasteiger partial charge on any atom is 0.235 e. The predicted octanol–water partition coefficient (Wildman–Crippen LogP) is 2.24. The minimum Gasteiger partial charge on any atom is -0.376 e. The van der Waals surface area contributed by atoms with Crippen LogP contribution in [0.1, 0.15) is 5.56 Å². The van der Waals surface area contributed by atoms with Gasteiger partial charge in [0.05, 0.1) is 17.3 Å². The fourth-order valence-corrected chi connectivity index (χ4v) is 1.41. The third-order valence-electron chi connectivity index (χ3n) is 1.82. The summed E-state index contributed by atoms with van der Waals surface area (Å²) >= 11 is 5.98. The Morgan fingerprint density at radius 1 is 1.50 bits per heavy atom. The quantitative estimate of drug-likeness (QED) is 0.566. The molecule has 0 N–H and O–H groups in total. The maximum atomic E-state index is 9.94. The van der Waals surface area contributed by atoms with Crippen LogP contribution < -0.4 is 4.90 Å². The Morgan fingerprint density at radius 3 is 2.79 bits per heavy atom. The third kappa shape index (κ3) is 2.59. The predicted molar refractivity (Wildman–Crippen MR) is 57.6 cm³/mol. The zero-order chi connectivity index (χ0) is 10.6. The van der Waals surface area contributed by atoms with Crippen molar-refractivity contribution in [1.82, 2.24) is 0 Å². The van der Waals surface area contributed by atoms with E-state index in [1.807, 2.05) is 31.1 Å². The number of hydrogen-bond donors (Lipinski definition) is 0. The molecule has 0 aliphatic carbocycles. The Labute approximate surface area is 88.0 Å². The molecular formula is C10H11ClN2O. The lowest BCUT2D eigenvalue weighted by molar-refractivity contribution is 0.563. The van der Waals surface area contributed by atoms with Crippen LogP contribution in [0.4, 0.5) is 5.69 Å². The second kappa shape index (κ2) is 4.80. The van der Waals surface area contributed by atoms with Gasteiger partial charge in [0, 0.05) is 14.1 Å². The molecule has 0 unspecified atom stereocenters. The second-order valence-corrected chi connectivity index (χ2v) is 3.49. The van der Waals surface area contributed by atoms with E-state index in [0.717, 1.165) is 11.3 Å². The van der Waals surface area contributed by atoms with Crippen LogP contribution in [0, 0.1) is 0 Å². The third-order valence-corrected chi connectivity index (χ3v) is 2.14. The van der Waals surface area contributed by atoms with Gasteiger partial charge in [0.2, 0.25) is 6.08 Å². The summed E-state index contributed by atoms with van der Waals surface area (Å²) in [4.78, 5) is 15.4. The molecule has 0 heterocycles. The Balaban J connectivity index is 2.99. The largest absolute Gasteiger partial charge is 0.376 e. The first-order chi connectivity index (χ1) is 6.65. The molecule has 0 radical (unpaired) electrons. The van der Waals surface area contributed by atoms with Crippen molar-refractivity contribution < 1.29 is 4.79 Å². The summed E-state index contributed by atoms with van der Waals surface area (Å²) in [6, 6.07) is 5.55. The van der Waals surface area contributed by atoms with E-state index in [1.54, 1.807) is 6.07 Å². The molecule has 74 valence electrons. The van der Waals surface area contributed by atoms with E-state index in [2.05, 4.69) is 4.99 Å². The molecule has 0 aliphatic heterocycles. The number of aliphatic imine (C=N–C) groups is 1. The van der Waals surface area contributed by atoms with Crippen LogP contribution in [0.3, 0.4) is 0 Å². The first-order valence-electron chi connectivity index (χ1n) is 4.14. The molecule has 0 saturated heterocycles. The number of anilines is 1. The van der Waals surface area contributed by atoms with Crippen molar-refractivity contribution in [2.75, 3.05) is 19.0 Å². The van der Waals surface area contributed by atoms with Gasteiger partial charge < -0.3 is 4.90 Å². The summed E-state index contributed by atoms with van der Waals surface area (Å²) in [6.07, 6.45) is 1.51. The monoisotopic (exact) mass is 210 g/mol. The first-order valence-corrected chi connectivity index (χ1v) is 4.52. The van der Waals surface area contributed by atoms with Gasteiger partial charge in [0.15, 0.2) is 0 Å². The van der Waals surface area contributed by atoms with Gasteiger partial charge in [-0.3, -0.25) is 0 Å². The number of rotatable bonds is 3. The van der Waals surface area contributed by atoms with Gasteiger partial charge >= 0.3 is 0 Å². The van der Waals surface area contributed by atoms with E-state index >= 15 is 0 Å². The lowest BCUT2D eigenvalue weighted by Crippen LogP contribution is -2.09. The average molecular weight is 211 g/mol. The van der Waals surface area contributed by atoms with E-state index < -0.39 is 0 Å². The van der Waals surface area contributed by atoms with E-state index in [9.17, 15) is 4.79 Å². The Hall–Kier alpha value is -1.31. The normalized spacial score (nSPS) is 9.36. The molecule has 3 nitrogen and oxygen atoms in total. The molecule has 14 heavy (non-hydrogen) atoms. The molecule has 0 bridgehead atoms. The van der Waals surface area contributed by atoms with Gasteiger partial charge in [-0.2, -0.15) is 0 Å². The van der Waals surface area contributed by atoms with Crippen LogP contribution in [0.2, 0.25) is 5.02 Å². The number of isocyanates is 1.